The van der Waals surface area contributed by atoms with Crippen LogP contribution in [0.5, 0.6) is 11.5 Å². The molecule has 0 atom stereocenters. The minimum Gasteiger partial charge on any atom is -0.497 e. The van der Waals surface area contributed by atoms with Gasteiger partial charge in [0.1, 0.15) is 18.0 Å². The zero-order valence-electron chi connectivity index (χ0n) is 23.8. The molecule has 4 aromatic carbocycles. The summed E-state index contributed by atoms with van der Waals surface area (Å²) in [5, 5.41) is 2.95. The van der Waals surface area contributed by atoms with Gasteiger partial charge < -0.3 is 14.4 Å². The highest BCUT2D eigenvalue weighted by atomic mass is 16.5. The van der Waals surface area contributed by atoms with Crippen molar-refractivity contribution in [1.82, 2.24) is 14.5 Å². The maximum absolute atomic E-state index is 13.5. The van der Waals surface area contributed by atoms with Crippen LogP contribution in [0.3, 0.4) is 0 Å². The molecule has 1 heterocycles. The van der Waals surface area contributed by atoms with E-state index in [0.29, 0.717) is 23.0 Å². The molecule has 0 aliphatic rings. The monoisotopic (exact) mass is 560 g/mol. The van der Waals surface area contributed by atoms with Crippen LogP contribution in [0.25, 0.3) is 16.9 Å². The molecular formula is C34H32N4O4. The first kappa shape index (κ1) is 28.2. The molecule has 0 radical (unpaired) electrons. The number of imidazole rings is 1. The number of aryl methyl sites for hydroxylation is 1. The highest BCUT2D eigenvalue weighted by Gasteiger charge is 2.21. The molecule has 5 aromatic rings. The highest BCUT2D eigenvalue weighted by molar-refractivity contribution is 5.99. The van der Waals surface area contributed by atoms with Crippen LogP contribution in [0.2, 0.25) is 0 Å². The van der Waals surface area contributed by atoms with E-state index in [1.54, 1.807) is 35.8 Å². The fraction of sp³-hybridized carbons (Fsp3) is 0.147. The molecule has 0 aliphatic heterocycles. The lowest BCUT2D eigenvalue weighted by Gasteiger charge is -2.22. The summed E-state index contributed by atoms with van der Waals surface area (Å²) in [7, 11) is 3.23. The standard InChI is InChI=1S/C34H32N4O4/c1-24-9-11-27(12-10-24)33(40)37(21-25-7-5-4-6-8-25)23-32(39)36-34-35-31(26-13-17-29(41-2)18-14-26)22-38(34)28-15-19-30(42-3)20-16-28/h4-20,22H,21,23H2,1-3H3,(H,35,36,39). The lowest BCUT2D eigenvalue weighted by molar-refractivity contribution is -0.117. The molecule has 1 aromatic heterocycles. The minimum absolute atomic E-state index is 0.158. The van der Waals surface area contributed by atoms with Gasteiger partial charge in [-0.25, -0.2) is 4.98 Å². The quantitative estimate of drug-likeness (QED) is 0.222. The van der Waals surface area contributed by atoms with E-state index >= 15 is 0 Å². The maximum Gasteiger partial charge on any atom is 0.254 e. The average molecular weight is 561 g/mol. The third-order valence-electron chi connectivity index (χ3n) is 6.83. The molecule has 212 valence electrons. The number of hydrogen-bond acceptors (Lipinski definition) is 5. The van der Waals surface area contributed by atoms with E-state index < -0.39 is 0 Å². The van der Waals surface area contributed by atoms with E-state index in [-0.39, 0.29) is 24.9 Å². The van der Waals surface area contributed by atoms with Gasteiger partial charge in [0.25, 0.3) is 5.91 Å². The van der Waals surface area contributed by atoms with Crippen LogP contribution in [-0.2, 0) is 11.3 Å². The number of rotatable bonds is 10. The van der Waals surface area contributed by atoms with Gasteiger partial charge in [-0.3, -0.25) is 19.5 Å². The van der Waals surface area contributed by atoms with Gasteiger partial charge in [-0.1, -0.05) is 48.0 Å². The van der Waals surface area contributed by atoms with Crippen molar-refractivity contribution in [2.24, 2.45) is 0 Å². The molecule has 2 amide bonds. The third kappa shape index (κ3) is 6.67. The fourth-order valence-electron chi connectivity index (χ4n) is 4.53. The molecule has 0 saturated heterocycles. The molecular weight excluding hydrogens is 528 g/mol. The zero-order valence-corrected chi connectivity index (χ0v) is 23.8. The number of aromatic nitrogens is 2. The first-order valence-electron chi connectivity index (χ1n) is 13.5. The summed E-state index contributed by atoms with van der Waals surface area (Å²) in [6.07, 6.45) is 1.86. The smallest absolute Gasteiger partial charge is 0.254 e. The molecule has 0 fully saturated rings. The van der Waals surface area contributed by atoms with Gasteiger partial charge in [-0.2, -0.15) is 0 Å². The van der Waals surface area contributed by atoms with Crippen molar-refractivity contribution in [3.8, 4) is 28.4 Å². The van der Waals surface area contributed by atoms with Crippen LogP contribution in [0.15, 0.2) is 109 Å². The first-order chi connectivity index (χ1) is 20.4. The van der Waals surface area contributed by atoms with Crippen LogP contribution in [0, 0.1) is 6.92 Å². The van der Waals surface area contributed by atoms with Gasteiger partial charge in [0.2, 0.25) is 11.9 Å². The number of carbonyl (C=O) groups excluding carboxylic acids is 2. The number of benzene rings is 4. The topological polar surface area (TPSA) is 85.7 Å². The Kier molecular flexibility index (Phi) is 8.63. The Morgan fingerprint density at radius 1 is 0.810 bits per heavy atom. The van der Waals surface area contributed by atoms with Gasteiger partial charge in [0.05, 0.1) is 19.9 Å². The van der Waals surface area contributed by atoms with E-state index in [4.69, 9.17) is 14.5 Å². The molecule has 0 spiro atoms. The second-order valence-electron chi connectivity index (χ2n) is 9.81. The molecule has 42 heavy (non-hydrogen) atoms. The number of methoxy groups -OCH3 is 2. The van der Waals surface area contributed by atoms with Gasteiger partial charge in [0.15, 0.2) is 0 Å². The Balaban J connectivity index is 1.44. The van der Waals surface area contributed by atoms with Gasteiger partial charge in [-0.15, -0.1) is 0 Å². The van der Waals surface area contributed by atoms with Crippen LogP contribution in [0.4, 0.5) is 5.95 Å². The highest BCUT2D eigenvalue weighted by Crippen LogP contribution is 2.27. The minimum atomic E-state index is -0.368. The van der Waals surface area contributed by atoms with E-state index in [9.17, 15) is 9.59 Å². The maximum atomic E-state index is 13.5. The third-order valence-corrected chi connectivity index (χ3v) is 6.83. The summed E-state index contributed by atoms with van der Waals surface area (Å²) in [4.78, 5) is 33.4. The fourth-order valence-corrected chi connectivity index (χ4v) is 4.53. The number of nitrogens with one attached hydrogen (secondary N) is 1. The van der Waals surface area contributed by atoms with Crippen LogP contribution in [-0.4, -0.2) is 47.0 Å². The molecule has 0 saturated carbocycles. The second-order valence-corrected chi connectivity index (χ2v) is 9.81. The van der Waals surface area contributed by atoms with Gasteiger partial charge >= 0.3 is 0 Å². The predicted octanol–water partition coefficient (Wildman–Crippen LogP) is 6.15. The summed E-state index contributed by atoms with van der Waals surface area (Å²) in [6, 6.07) is 32.0. The van der Waals surface area contributed by atoms with Crippen molar-refractivity contribution in [3.63, 3.8) is 0 Å². The summed E-state index contributed by atoms with van der Waals surface area (Å²) in [5.41, 5.74) is 4.81. The van der Waals surface area contributed by atoms with Crippen LogP contribution < -0.4 is 14.8 Å². The lowest BCUT2D eigenvalue weighted by Crippen LogP contribution is -2.38. The van der Waals surface area contributed by atoms with Gasteiger partial charge in [-0.05, 0) is 73.2 Å². The SMILES string of the molecule is COc1ccc(-c2cn(-c3ccc(OC)cc3)c(NC(=O)CN(Cc3ccccc3)C(=O)c3ccc(C)cc3)n2)cc1. The Labute approximate surface area is 245 Å². The van der Waals surface area contributed by atoms with Crippen LogP contribution in [0.1, 0.15) is 21.5 Å². The number of carbonyl (C=O) groups is 2. The molecule has 0 bridgehead atoms. The van der Waals surface area contributed by atoms with Crippen molar-refractivity contribution in [2.45, 2.75) is 13.5 Å². The summed E-state index contributed by atoms with van der Waals surface area (Å²) in [5.74, 6) is 1.18. The van der Waals surface area contributed by atoms with Crippen LogP contribution >= 0.6 is 0 Å². The van der Waals surface area contributed by atoms with Crippen molar-refractivity contribution in [3.05, 3.63) is 126 Å². The lowest BCUT2D eigenvalue weighted by atomic mass is 10.1. The zero-order chi connectivity index (χ0) is 29.5. The molecule has 5 rings (SSSR count). The van der Waals surface area contributed by atoms with Crippen molar-refractivity contribution in [1.29, 1.82) is 0 Å². The molecule has 8 heteroatoms. The molecule has 0 unspecified atom stereocenters. The van der Waals surface area contributed by atoms with E-state index in [1.165, 1.54) is 0 Å². The summed E-state index contributed by atoms with van der Waals surface area (Å²) in [6.45, 7) is 2.09. The average Bonchev–Trinajstić information content (AvgIpc) is 3.44. The summed E-state index contributed by atoms with van der Waals surface area (Å²) < 4.78 is 12.4. The largest absolute Gasteiger partial charge is 0.497 e. The normalized spacial score (nSPS) is 10.6. The Hall–Kier alpha value is -5.37. The Morgan fingerprint density at radius 2 is 1.43 bits per heavy atom. The summed E-state index contributed by atoms with van der Waals surface area (Å²) >= 11 is 0. The van der Waals surface area contributed by atoms with Crippen molar-refractivity contribution in [2.75, 3.05) is 26.1 Å². The van der Waals surface area contributed by atoms with E-state index in [1.807, 2.05) is 104 Å². The number of nitrogens with zero attached hydrogens (tertiary/aromatic N) is 3. The number of ether oxygens (including phenoxy) is 2. The Bertz CT molecular complexity index is 1650. The van der Waals surface area contributed by atoms with Crippen molar-refractivity contribution < 1.29 is 19.1 Å². The molecule has 0 aliphatic carbocycles. The van der Waals surface area contributed by atoms with Gasteiger partial charge in [0, 0.05) is 29.6 Å². The molecule has 1 N–H and O–H groups in total. The molecule has 8 nitrogen and oxygen atoms in total. The predicted molar refractivity (Wildman–Crippen MR) is 163 cm³/mol. The second kappa shape index (κ2) is 12.9. The van der Waals surface area contributed by atoms with E-state index in [0.717, 1.165) is 28.1 Å². The van der Waals surface area contributed by atoms with Crippen molar-refractivity contribution >= 4 is 17.8 Å². The van der Waals surface area contributed by atoms with E-state index in [2.05, 4.69) is 5.32 Å². The number of hydrogen-bond donors (Lipinski definition) is 1. The Morgan fingerprint density at radius 3 is 2.05 bits per heavy atom. The number of amides is 2. The first-order valence-corrected chi connectivity index (χ1v) is 13.5. The number of anilines is 1.